The van der Waals surface area contributed by atoms with Crippen LogP contribution in [0.4, 0.5) is 0 Å². The van der Waals surface area contributed by atoms with Crippen molar-refractivity contribution in [3.8, 4) is 0 Å². The number of hydrogen-bond donors (Lipinski definition) is 4. The molecule has 0 bridgehead atoms. The van der Waals surface area contributed by atoms with Crippen LogP contribution in [0.2, 0.25) is 0 Å². The molecular formula is C8H17N5O. The molecule has 6 heteroatoms. The lowest BCUT2D eigenvalue weighted by Gasteiger charge is -2.08. The van der Waals surface area contributed by atoms with Crippen LogP contribution in [0.1, 0.15) is 12.8 Å². The predicted octanol–water partition coefficient (Wildman–Crippen LogP) is -1.45. The van der Waals surface area contributed by atoms with Gasteiger partial charge in [0.1, 0.15) is 0 Å². The highest BCUT2D eigenvalue weighted by atomic mass is 16.2. The Morgan fingerprint density at radius 2 is 2.07 bits per heavy atom. The second kappa shape index (κ2) is 5.43. The van der Waals surface area contributed by atoms with Crippen molar-refractivity contribution in [2.24, 2.45) is 16.8 Å². The molecule has 0 saturated heterocycles. The SMILES string of the molecule is CN=C(NN)NCCNC(=O)C1CC1. The van der Waals surface area contributed by atoms with E-state index in [1.165, 1.54) is 0 Å². The van der Waals surface area contributed by atoms with E-state index in [0.717, 1.165) is 12.8 Å². The zero-order valence-electron chi connectivity index (χ0n) is 8.34. The average Bonchev–Trinajstić information content (AvgIpc) is 3.01. The lowest BCUT2D eigenvalue weighted by Crippen LogP contribution is -2.44. The third-order valence-corrected chi connectivity index (χ3v) is 2.03. The highest BCUT2D eigenvalue weighted by Gasteiger charge is 2.28. The first-order valence-electron chi connectivity index (χ1n) is 4.73. The molecule has 1 fully saturated rings. The van der Waals surface area contributed by atoms with Crippen molar-refractivity contribution in [1.82, 2.24) is 16.1 Å². The van der Waals surface area contributed by atoms with E-state index in [9.17, 15) is 4.79 Å². The van der Waals surface area contributed by atoms with Gasteiger partial charge in [0.2, 0.25) is 11.9 Å². The number of carbonyl (C=O) groups excluding carboxylic acids is 1. The number of nitrogens with two attached hydrogens (primary N) is 1. The van der Waals surface area contributed by atoms with E-state index in [0.29, 0.717) is 19.0 Å². The molecule has 0 aromatic rings. The molecule has 1 saturated carbocycles. The summed E-state index contributed by atoms with van der Waals surface area (Å²) in [6, 6.07) is 0. The fourth-order valence-electron chi connectivity index (χ4n) is 1.05. The predicted molar refractivity (Wildman–Crippen MR) is 54.4 cm³/mol. The number of aliphatic imine (C=N–C) groups is 1. The van der Waals surface area contributed by atoms with E-state index >= 15 is 0 Å². The molecule has 5 N–H and O–H groups in total. The first-order valence-corrected chi connectivity index (χ1v) is 4.73. The molecule has 0 atom stereocenters. The van der Waals surface area contributed by atoms with Gasteiger partial charge in [0.25, 0.3) is 0 Å². The zero-order valence-corrected chi connectivity index (χ0v) is 8.34. The summed E-state index contributed by atoms with van der Waals surface area (Å²) in [6.45, 7) is 1.21. The van der Waals surface area contributed by atoms with Gasteiger partial charge in [0.05, 0.1) is 0 Å². The molecule has 0 aliphatic heterocycles. The van der Waals surface area contributed by atoms with E-state index in [1.54, 1.807) is 7.05 Å². The van der Waals surface area contributed by atoms with E-state index in [-0.39, 0.29) is 11.8 Å². The summed E-state index contributed by atoms with van der Waals surface area (Å²) >= 11 is 0. The monoisotopic (exact) mass is 199 g/mol. The summed E-state index contributed by atoms with van der Waals surface area (Å²) in [7, 11) is 1.63. The fraction of sp³-hybridized carbons (Fsp3) is 0.750. The lowest BCUT2D eigenvalue weighted by molar-refractivity contribution is -0.122. The third-order valence-electron chi connectivity index (χ3n) is 2.03. The van der Waals surface area contributed by atoms with Gasteiger partial charge in [-0.1, -0.05) is 0 Å². The minimum absolute atomic E-state index is 0.155. The molecule has 0 heterocycles. The number of guanidine groups is 1. The average molecular weight is 199 g/mol. The van der Waals surface area contributed by atoms with Crippen LogP contribution >= 0.6 is 0 Å². The number of carbonyl (C=O) groups is 1. The van der Waals surface area contributed by atoms with E-state index in [4.69, 9.17) is 5.84 Å². The number of hydrazine groups is 1. The lowest BCUT2D eigenvalue weighted by atomic mass is 10.4. The Morgan fingerprint density at radius 1 is 1.43 bits per heavy atom. The van der Waals surface area contributed by atoms with Crippen LogP contribution in [0, 0.1) is 5.92 Å². The van der Waals surface area contributed by atoms with Crippen molar-refractivity contribution in [2.45, 2.75) is 12.8 Å². The summed E-state index contributed by atoms with van der Waals surface area (Å²) in [5, 5.41) is 5.76. The minimum Gasteiger partial charge on any atom is -0.354 e. The van der Waals surface area contributed by atoms with Gasteiger partial charge in [0, 0.05) is 26.1 Å². The van der Waals surface area contributed by atoms with Crippen molar-refractivity contribution in [2.75, 3.05) is 20.1 Å². The first kappa shape index (κ1) is 10.8. The van der Waals surface area contributed by atoms with Crippen molar-refractivity contribution in [1.29, 1.82) is 0 Å². The Labute approximate surface area is 83.3 Å². The number of rotatable bonds is 4. The summed E-state index contributed by atoms with van der Waals surface area (Å²) in [4.78, 5) is 15.0. The van der Waals surface area contributed by atoms with Gasteiger partial charge in [-0.25, -0.2) is 5.84 Å². The molecule has 6 nitrogen and oxygen atoms in total. The van der Waals surface area contributed by atoms with Crippen LogP contribution in [0.25, 0.3) is 0 Å². The quantitative estimate of drug-likeness (QED) is 0.147. The Balaban J connectivity index is 2.00. The van der Waals surface area contributed by atoms with Crippen molar-refractivity contribution < 1.29 is 4.79 Å². The molecule has 1 amide bonds. The number of amides is 1. The van der Waals surface area contributed by atoms with Crippen molar-refractivity contribution in [3.05, 3.63) is 0 Å². The zero-order chi connectivity index (χ0) is 10.4. The molecule has 1 rings (SSSR count). The maximum absolute atomic E-state index is 11.2. The van der Waals surface area contributed by atoms with Gasteiger partial charge in [-0.15, -0.1) is 0 Å². The second-order valence-electron chi connectivity index (χ2n) is 3.21. The molecule has 1 aliphatic rings. The molecule has 0 aromatic heterocycles. The van der Waals surface area contributed by atoms with Crippen molar-refractivity contribution >= 4 is 11.9 Å². The van der Waals surface area contributed by atoms with Crippen LogP contribution in [-0.2, 0) is 4.79 Å². The third kappa shape index (κ3) is 3.61. The Morgan fingerprint density at radius 3 is 2.57 bits per heavy atom. The topological polar surface area (TPSA) is 91.5 Å². The van der Waals surface area contributed by atoms with Crippen LogP contribution < -0.4 is 21.9 Å². The molecule has 1 aliphatic carbocycles. The number of nitrogens with zero attached hydrogens (tertiary/aromatic N) is 1. The summed E-state index contributed by atoms with van der Waals surface area (Å²) in [5.74, 6) is 6.09. The maximum atomic E-state index is 11.2. The largest absolute Gasteiger partial charge is 0.354 e. The maximum Gasteiger partial charge on any atom is 0.223 e. The fourth-order valence-corrected chi connectivity index (χ4v) is 1.05. The highest BCUT2D eigenvalue weighted by Crippen LogP contribution is 2.28. The van der Waals surface area contributed by atoms with Gasteiger partial charge in [-0.05, 0) is 12.8 Å². The molecule has 0 aromatic carbocycles. The Hall–Kier alpha value is -1.30. The van der Waals surface area contributed by atoms with Gasteiger partial charge >= 0.3 is 0 Å². The molecule has 0 unspecified atom stereocenters. The van der Waals surface area contributed by atoms with Crippen LogP contribution in [0.5, 0.6) is 0 Å². The van der Waals surface area contributed by atoms with Crippen molar-refractivity contribution in [3.63, 3.8) is 0 Å². The Kier molecular flexibility index (Phi) is 4.18. The van der Waals surface area contributed by atoms with Crippen LogP contribution in [0.3, 0.4) is 0 Å². The number of hydrogen-bond acceptors (Lipinski definition) is 3. The summed E-state index contributed by atoms with van der Waals surface area (Å²) in [5.41, 5.74) is 2.40. The molecule has 80 valence electrons. The molecule has 0 radical (unpaired) electrons. The normalized spacial score (nSPS) is 16.3. The van der Waals surface area contributed by atoms with Gasteiger partial charge in [-0.3, -0.25) is 15.2 Å². The second-order valence-corrected chi connectivity index (χ2v) is 3.21. The van der Waals surface area contributed by atoms with E-state index in [1.807, 2.05) is 0 Å². The Bertz CT molecular complexity index is 224. The standard InChI is InChI=1S/C8H17N5O/c1-10-8(13-9)12-5-4-11-7(14)6-2-3-6/h6H,2-5,9H2,1H3,(H,11,14)(H2,10,12,13). The van der Waals surface area contributed by atoms with E-state index < -0.39 is 0 Å². The van der Waals surface area contributed by atoms with Crippen LogP contribution in [0.15, 0.2) is 4.99 Å². The molecule has 14 heavy (non-hydrogen) atoms. The van der Waals surface area contributed by atoms with Gasteiger partial charge in [-0.2, -0.15) is 0 Å². The smallest absolute Gasteiger partial charge is 0.223 e. The summed E-state index contributed by atoms with van der Waals surface area (Å²) < 4.78 is 0. The molecule has 0 spiro atoms. The minimum atomic E-state index is 0.155. The van der Waals surface area contributed by atoms with Gasteiger partial charge in [0.15, 0.2) is 0 Å². The summed E-state index contributed by atoms with van der Waals surface area (Å²) in [6.07, 6.45) is 2.07. The van der Waals surface area contributed by atoms with Crippen LogP contribution in [-0.4, -0.2) is 32.0 Å². The van der Waals surface area contributed by atoms with E-state index in [2.05, 4.69) is 21.1 Å². The first-order chi connectivity index (χ1) is 6.77. The number of nitrogens with one attached hydrogen (secondary N) is 3. The highest BCUT2D eigenvalue weighted by molar-refractivity contribution is 5.81. The molecular weight excluding hydrogens is 182 g/mol. The van der Waals surface area contributed by atoms with Gasteiger partial charge < -0.3 is 10.6 Å².